The first-order chi connectivity index (χ1) is 14.6. The Balaban J connectivity index is 1.44. The summed E-state index contributed by atoms with van der Waals surface area (Å²) in [6.07, 6.45) is 3.36. The minimum Gasteiger partial charge on any atom is -0.378 e. The number of morpholine rings is 1. The lowest BCUT2D eigenvalue weighted by Crippen LogP contribution is -2.40. The summed E-state index contributed by atoms with van der Waals surface area (Å²) in [5.41, 5.74) is 3.49. The van der Waals surface area contributed by atoms with Gasteiger partial charge < -0.3 is 15.0 Å². The third kappa shape index (κ3) is 4.88. The van der Waals surface area contributed by atoms with E-state index in [0.29, 0.717) is 32.0 Å². The number of likely N-dealkylation sites (tertiary alicyclic amines) is 1. The van der Waals surface area contributed by atoms with E-state index in [9.17, 15) is 9.59 Å². The van der Waals surface area contributed by atoms with Crippen LogP contribution in [0, 0.1) is 0 Å². The highest BCUT2D eigenvalue weighted by Gasteiger charge is 2.28. The number of H-pyrrole nitrogens is 1. The monoisotopic (exact) mass is 411 g/mol. The molecule has 2 N–H and O–H groups in total. The first kappa shape index (κ1) is 20.6. The summed E-state index contributed by atoms with van der Waals surface area (Å²) in [6.45, 7) is 5.73. The second-order valence-electron chi connectivity index (χ2n) is 7.97. The molecule has 8 heteroatoms. The Kier molecular flexibility index (Phi) is 6.44. The van der Waals surface area contributed by atoms with Crippen LogP contribution in [0.3, 0.4) is 0 Å². The quantitative estimate of drug-likeness (QED) is 0.789. The fraction of sp³-hybridized carbons (Fsp3) is 0.500. The summed E-state index contributed by atoms with van der Waals surface area (Å²) in [6, 6.07) is 10.1. The molecule has 2 amide bonds. The molecule has 2 fully saturated rings. The molecule has 2 aliphatic heterocycles. The number of carbonyl (C=O) groups excluding carboxylic acids is 2. The normalized spacial score (nSPS) is 20.2. The van der Waals surface area contributed by atoms with Crippen molar-refractivity contribution in [1.29, 1.82) is 0 Å². The smallest absolute Gasteiger partial charge is 0.274 e. The van der Waals surface area contributed by atoms with Crippen LogP contribution in [0.4, 0.5) is 5.69 Å². The molecule has 160 valence electrons. The summed E-state index contributed by atoms with van der Waals surface area (Å²) in [7, 11) is 0. The van der Waals surface area contributed by atoms with Gasteiger partial charge in [-0.3, -0.25) is 19.6 Å². The van der Waals surface area contributed by atoms with Crippen molar-refractivity contribution < 1.29 is 14.3 Å². The van der Waals surface area contributed by atoms with E-state index in [1.54, 1.807) is 4.90 Å². The number of anilines is 1. The number of amides is 2. The predicted molar refractivity (Wildman–Crippen MR) is 113 cm³/mol. The van der Waals surface area contributed by atoms with E-state index in [0.717, 1.165) is 43.7 Å². The third-order valence-corrected chi connectivity index (χ3v) is 5.75. The van der Waals surface area contributed by atoms with Gasteiger partial charge in [-0.2, -0.15) is 5.10 Å². The Bertz CT molecular complexity index is 873. The molecule has 0 aliphatic carbocycles. The van der Waals surface area contributed by atoms with Gasteiger partial charge in [0.05, 0.1) is 24.9 Å². The van der Waals surface area contributed by atoms with Gasteiger partial charge in [0.15, 0.2) is 0 Å². The maximum atomic E-state index is 12.7. The molecule has 0 spiro atoms. The first-order valence-electron chi connectivity index (χ1n) is 10.6. The molecule has 0 radical (unpaired) electrons. The molecule has 1 aromatic heterocycles. The Morgan fingerprint density at radius 1 is 1.17 bits per heavy atom. The van der Waals surface area contributed by atoms with Gasteiger partial charge in [0.1, 0.15) is 5.69 Å². The number of rotatable bonds is 5. The number of piperidine rings is 1. The zero-order valence-corrected chi connectivity index (χ0v) is 17.4. The number of benzene rings is 1. The molecule has 2 aliphatic rings. The summed E-state index contributed by atoms with van der Waals surface area (Å²) >= 11 is 0. The number of hydrogen-bond acceptors (Lipinski definition) is 5. The van der Waals surface area contributed by atoms with Crippen LogP contribution < -0.4 is 5.32 Å². The second kappa shape index (κ2) is 9.40. The molecule has 8 nitrogen and oxygen atoms in total. The average Bonchev–Trinajstić information content (AvgIpc) is 3.25. The molecular weight excluding hydrogens is 382 g/mol. The molecule has 0 bridgehead atoms. The minimum atomic E-state index is -0.0690. The number of nitrogens with zero attached hydrogens (tertiary/aromatic N) is 3. The van der Waals surface area contributed by atoms with Crippen molar-refractivity contribution in [2.75, 3.05) is 38.2 Å². The summed E-state index contributed by atoms with van der Waals surface area (Å²) < 4.78 is 5.33. The largest absolute Gasteiger partial charge is 0.378 e. The molecule has 0 saturated carbocycles. The fourth-order valence-electron chi connectivity index (χ4n) is 4.21. The van der Waals surface area contributed by atoms with Gasteiger partial charge in [0.25, 0.3) is 5.91 Å². The van der Waals surface area contributed by atoms with Crippen LogP contribution in [0.2, 0.25) is 0 Å². The Hall–Kier alpha value is -2.71. The van der Waals surface area contributed by atoms with E-state index in [1.807, 2.05) is 18.2 Å². The average molecular weight is 412 g/mol. The molecule has 3 heterocycles. The van der Waals surface area contributed by atoms with E-state index < -0.39 is 0 Å². The van der Waals surface area contributed by atoms with Gasteiger partial charge in [-0.1, -0.05) is 18.6 Å². The molecule has 1 atom stereocenters. The lowest BCUT2D eigenvalue weighted by atomic mass is 9.98. The summed E-state index contributed by atoms with van der Waals surface area (Å²) in [5, 5.41) is 10.2. The zero-order valence-electron chi connectivity index (χ0n) is 17.4. The highest BCUT2D eigenvalue weighted by molar-refractivity contribution is 5.92. The Morgan fingerprint density at radius 2 is 1.93 bits per heavy atom. The predicted octanol–water partition coefficient (Wildman–Crippen LogP) is 2.57. The number of carbonyl (C=O) groups is 2. The molecule has 1 unspecified atom stereocenters. The van der Waals surface area contributed by atoms with E-state index in [2.05, 4.69) is 32.5 Å². The van der Waals surface area contributed by atoms with E-state index >= 15 is 0 Å². The maximum Gasteiger partial charge on any atom is 0.274 e. The number of ether oxygens (including phenoxy) is 1. The Morgan fingerprint density at radius 3 is 2.67 bits per heavy atom. The standard InChI is InChI=1S/C22H29N5O3/c1-16(28)23-18-7-5-17(6-8-18)15-27-9-3-2-4-21(27)19-14-20(25-24-19)22(29)26-10-12-30-13-11-26/h5-8,14,21H,2-4,9-13,15H2,1H3,(H,23,28)(H,24,25). The van der Waals surface area contributed by atoms with Crippen LogP contribution in [0.1, 0.15) is 54.0 Å². The fourth-order valence-corrected chi connectivity index (χ4v) is 4.21. The SMILES string of the molecule is CC(=O)Nc1ccc(CN2CCCCC2c2cc(C(=O)N3CCOCC3)n[nH]2)cc1. The van der Waals surface area contributed by atoms with Crippen LogP contribution in [-0.2, 0) is 16.1 Å². The van der Waals surface area contributed by atoms with Gasteiger partial charge in [-0.15, -0.1) is 0 Å². The number of hydrogen-bond donors (Lipinski definition) is 2. The lowest BCUT2D eigenvalue weighted by molar-refractivity contribution is -0.114. The summed E-state index contributed by atoms with van der Waals surface area (Å²) in [5.74, 6) is -0.0998. The van der Waals surface area contributed by atoms with Gasteiger partial charge >= 0.3 is 0 Å². The Labute approximate surface area is 176 Å². The van der Waals surface area contributed by atoms with Crippen molar-refractivity contribution in [3.05, 3.63) is 47.3 Å². The van der Waals surface area contributed by atoms with Crippen molar-refractivity contribution in [2.45, 2.75) is 38.8 Å². The second-order valence-corrected chi connectivity index (χ2v) is 7.97. The molecule has 2 saturated heterocycles. The van der Waals surface area contributed by atoms with Crippen LogP contribution in [0.25, 0.3) is 0 Å². The van der Waals surface area contributed by atoms with Gasteiger partial charge in [-0.05, 0) is 43.1 Å². The van der Waals surface area contributed by atoms with Crippen molar-refractivity contribution in [1.82, 2.24) is 20.0 Å². The third-order valence-electron chi connectivity index (χ3n) is 5.75. The van der Waals surface area contributed by atoms with E-state index in [4.69, 9.17) is 4.74 Å². The van der Waals surface area contributed by atoms with Crippen molar-refractivity contribution >= 4 is 17.5 Å². The van der Waals surface area contributed by atoms with Crippen molar-refractivity contribution in [2.24, 2.45) is 0 Å². The topological polar surface area (TPSA) is 90.6 Å². The van der Waals surface area contributed by atoms with Crippen LogP contribution in [0.5, 0.6) is 0 Å². The number of aromatic amines is 1. The lowest BCUT2D eigenvalue weighted by Gasteiger charge is -2.35. The van der Waals surface area contributed by atoms with Crippen LogP contribution >= 0.6 is 0 Å². The van der Waals surface area contributed by atoms with Crippen molar-refractivity contribution in [3.8, 4) is 0 Å². The molecular formula is C22H29N5O3. The molecule has 4 rings (SSSR count). The number of aromatic nitrogens is 2. The minimum absolute atomic E-state index is 0.0308. The molecule has 1 aromatic carbocycles. The first-order valence-corrected chi connectivity index (χ1v) is 10.6. The van der Waals surface area contributed by atoms with E-state index in [1.165, 1.54) is 12.5 Å². The molecule has 30 heavy (non-hydrogen) atoms. The molecule has 2 aromatic rings. The van der Waals surface area contributed by atoms with Crippen molar-refractivity contribution in [3.63, 3.8) is 0 Å². The summed E-state index contributed by atoms with van der Waals surface area (Å²) in [4.78, 5) is 28.2. The zero-order chi connectivity index (χ0) is 20.9. The van der Waals surface area contributed by atoms with Gasteiger partial charge in [-0.25, -0.2) is 0 Å². The van der Waals surface area contributed by atoms with Crippen LogP contribution in [0.15, 0.2) is 30.3 Å². The van der Waals surface area contributed by atoms with E-state index in [-0.39, 0.29) is 17.9 Å². The highest BCUT2D eigenvalue weighted by atomic mass is 16.5. The number of nitrogens with one attached hydrogen (secondary N) is 2. The van der Waals surface area contributed by atoms with Gasteiger partial charge in [0, 0.05) is 32.2 Å². The van der Waals surface area contributed by atoms with Crippen LogP contribution in [-0.4, -0.2) is 64.7 Å². The highest BCUT2D eigenvalue weighted by Crippen LogP contribution is 2.31. The van der Waals surface area contributed by atoms with Gasteiger partial charge in [0.2, 0.25) is 5.91 Å². The maximum absolute atomic E-state index is 12.7.